The number of hydrogen-bond donors (Lipinski definition) is 1. The topological polar surface area (TPSA) is 55.8 Å². The lowest BCUT2D eigenvalue weighted by atomic mass is 9.73. The fourth-order valence-corrected chi connectivity index (χ4v) is 4.71. The number of carbonyl (C=O) groups is 1. The van der Waals surface area contributed by atoms with E-state index in [4.69, 9.17) is 9.47 Å². The first kappa shape index (κ1) is 26.0. The van der Waals surface area contributed by atoms with Crippen LogP contribution in [0.4, 0.5) is 4.79 Å². The van der Waals surface area contributed by atoms with Crippen LogP contribution in [-0.2, 0) is 11.2 Å². The van der Waals surface area contributed by atoms with Crippen molar-refractivity contribution >= 4 is 6.16 Å². The molecule has 1 aliphatic carbocycles. The van der Waals surface area contributed by atoms with Crippen LogP contribution in [0.3, 0.4) is 0 Å². The molecule has 0 heterocycles. The van der Waals surface area contributed by atoms with Crippen molar-refractivity contribution < 1.29 is 19.4 Å². The summed E-state index contributed by atoms with van der Waals surface area (Å²) in [5.41, 5.74) is 3.37. The number of allylic oxidation sites excluding steroid dienone is 3. The molecular weight excluding hydrogens is 400 g/mol. The molecule has 2 atom stereocenters. The van der Waals surface area contributed by atoms with Crippen molar-refractivity contribution in [2.24, 2.45) is 5.92 Å². The highest BCUT2D eigenvalue weighted by molar-refractivity contribution is 5.67. The highest BCUT2D eigenvalue weighted by atomic mass is 16.7. The number of ether oxygens (including phenoxy) is 2. The van der Waals surface area contributed by atoms with E-state index >= 15 is 0 Å². The summed E-state index contributed by atoms with van der Waals surface area (Å²) in [6, 6.07) is 3.74. The molecule has 1 N–H and O–H groups in total. The van der Waals surface area contributed by atoms with Gasteiger partial charge < -0.3 is 14.6 Å². The van der Waals surface area contributed by atoms with Crippen molar-refractivity contribution in [1.29, 1.82) is 0 Å². The van der Waals surface area contributed by atoms with E-state index in [1.165, 1.54) is 5.57 Å². The fraction of sp³-hybridized carbons (Fsp3) is 0.607. The first-order valence-electron chi connectivity index (χ1n) is 12.2. The molecule has 32 heavy (non-hydrogen) atoms. The van der Waals surface area contributed by atoms with Gasteiger partial charge in [-0.3, -0.25) is 0 Å². The Morgan fingerprint density at radius 3 is 2.56 bits per heavy atom. The molecular formula is C28H42O4. The van der Waals surface area contributed by atoms with E-state index in [0.29, 0.717) is 11.3 Å². The summed E-state index contributed by atoms with van der Waals surface area (Å²) >= 11 is 0. The number of carbonyl (C=O) groups excluding carboxylic acids is 1. The molecule has 0 saturated heterocycles. The van der Waals surface area contributed by atoms with Crippen LogP contribution in [0, 0.1) is 5.92 Å². The number of benzene rings is 1. The molecule has 0 bridgehead atoms. The maximum Gasteiger partial charge on any atom is 0.514 e. The van der Waals surface area contributed by atoms with Crippen LogP contribution < -0.4 is 4.74 Å². The second-order valence-corrected chi connectivity index (χ2v) is 9.98. The second kappa shape index (κ2) is 11.6. The summed E-state index contributed by atoms with van der Waals surface area (Å²) in [6.45, 7) is 16.3. The molecule has 0 aliphatic heterocycles. The molecule has 4 nitrogen and oxygen atoms in total. The van der Waals surface area contributed by atoms with Crippen molar-refractivity contribution in [3.05, 3.63) is 47.1 Å². The Balaban J connectivity index is 2.46. The highest BCUT2D eigenvalue weighted by Gasteiger charge is 2.32. The average molecular weight is 443 g/mol. The van der Waals surface area contributed by atoms with Crippen molar-refractivity contribution in [3.8, 4) is 11.5 Å². The summed E-state index contributed by atoms with van der Waals surface area (Å²) < 4.78 is 11.4. The van der Waals surface area contributed by atoms with E-state index in [2.05, 4.69) is 33.4 Å². The molecule has 0 fully saturated rings. The molecule has 4 heteroatoms. The summed E-state index contributed by atoms with van der Waals surface area (Å²) in [4.78, 5) is 12.7. The van der Waals surface area contributed by atoms with E-state index in [1.54, 1.807) is 0 Å². The molecule has 0 radical (unpaired) electrons. The lowest BCUT2D eigenvalue weighted by Gasteiger charge is -2.32. The van der Waals surface area contributed by atoms with Crippen LogP contribution in [0.1, 0.15) is 104 Å². The average Bonchev–Trinajstić information content (AvgIpc) is 2.67. The summed E-state index contributed by atoms with van der Waals surface area (Å²) in [6.07, 6.45) is 9.20. The minimum atomic E-state index is -0.724. The third-order valence-electron chi connectivity index (χ3n) is 6.37. The van der Waals surface area contributed by atoms with E-state index in [9.17, 15) is 9.90 Å². The van der Waals surface area contributed by atoms with Gasteiger partial charge in [0, 0.05) is 11.5 Å². The number of rotatable bonds is 10. The SMILES string of the molecule is C=C(C)[C@@H]1CCC(C)=C[C@H]1c1c(O)cc(CCCCC)cc1OC(=O)OC(C)(C)CCC. The Morgan fingerprint density at radius 1 is 1.22 bits per heavy atom. The van der Waals surface area contributed by atoms with Gasteiger partial charge in [-0.25, -0.2) is 4.79 Å². The highest BCUT2D eigenvalue weighted by Crippen LogP contribution is 2.47. The molecule has 0 saturated carbocycles. The summed E-state index contributed by atoms with van der Waals surface area (Å²) in [5, 5.41) is 11.1. The summed E-state index contributed by atoms with van der Waals surface area (Å²) in [7, 11) is 0. The second-order valence-electron chi connectivity index (χ2n) is 9.98. The summed E-state index contributed by atoms with van der Waals surface area (Å²) in [5.74, 6) is 0.677. The van der Waals surface area contributed by atoms with E-state index in [-0.39, 0.29) is 17.6 Å². The third-order valence-corrected chi connectivity index (χ3v) is 6.37. The van der Waals surface area contributed by atoms with Crippen LogP contribution >= 0.6 is 0 Å². The van der Waals surface area contributed by atoms with Gasteiger partial charge in [-0.15, -0.1) is 0 Å². The van der Waals surface area contributed by atoms with Crippen LogP contribution in [0.25, 0.3) is 0 Å². The molecule has 1 aliphatic rings. The molecule has 178 valence electrons. The smallest absolute Gasteiger partial charge is 0.507 e. The Labute approximate surface area is 194 Å². The van der Waals surface area contributed by atoms with Gasteiger partial charge in [-0.1, -0.05) is 56.9 Å². The maximum atomic E-state index is 12.7. The molecule has 0 amide bonds. The zero-order valence-corrected chi connectivity index (χ0v) is 20.9. The number of aromatic hydroxyl groups is 1. The lowest BCUT2D eigenvalue weighted by Crippen LogP contribution is -2.30. The monoisotopic (exact) mass is 442 g/mol. The lowest BCUT2D eigenvalue weighted by molar-refractivity contribution is 0.00359. The zero-order chi connectivity index (χ0) is 23.9. The standard InChI is InChI=1S/C28H42O4/c1-8-10-11-12-21-17-24(29)26(23-16-20(5)13-14-22(23)19(3)4)25(18-21)31-27(30)32-28(6,7)15-9-2/h16-18,22-23,29H,3,8-15H2,1-2,4-7H3/t22-,23+/m0/s1. The molecule has 2 rings (SSSR count). The Morgan fingerprint density at radius 2 is 1.94 bits per heavy atom. The van der Waals surface area contributed by atoms with E-state index < -0.39 is 11.8 Å². The number of phenols is 1. The first-order chi connectivity index (χ1) is 15.1. The van der Waals surface area contributed by atoms with Gasteiger partial charge in [0.15, 0.2) is 0 Å². The number of aryl methyl sites for hydroxylation is 1. The van der Waals surface area contributed by atoms with Gasteiger partial charge >= 0.3 is 6.16 Å². The number of unbranched alkanes of at least 4 members (excludes halogenated alkanes) is 2. The molecule has 1 aromatic carbocycles. The predicted molar refractivity (Wildman–Crippen MR) is 131 cm³/mol. The Hall–Kier alpha value is -2.23. The first-order valence-corrected chi connectivity index (χ1v) is 12.2. The van der Waals surface area contributed by atoms with E-state index in [0.717, 1.165) is 62.5 Å². The number of phenolic OH excluding ortho intramolecular Hbond substituents is 1. The van der Waals surface area contributed by atoms with Gasteiger partial charge in [0.05, 0.1) is 0 Å². The van der Waals surface area contributed by atoms with Gasteiger partial charge in [-0.2, -0.15) is 0 Å². The quantitative estimate of drug-likeness (QED) is 0.171. The van der Waals surface area contributed by atoms with Gasteiger partial charge in [0.25, 0.3) is 0 Å². The van der Waals surface area contributed by atoms with Crippen LogP contribution in [0.15, 0.2) is 35.9 Å². The molecule has 0 aromatic heterocycles. The van der Waals surface area contributed by atoms with Gasteiger partial charge in [0.1, 0.15) is 17.1 Å². The molecule has 0 spiro atoms. The molecule has 1 aromatic rings. The zero-order valence-electron chi connectivity index (χ0n) is 20.9. The van der Waals surface area contributed by atoms with Crippen LogP contribution in [0.2, 0.25) is 0 Å². The minimum Gasteiger partial charge on any atom is -0.507 e. The number of hydrogen-bond acceptors (Lipinski definition) is 4. The fourth-order valence-electron chi connectivity index (χ4n) is 4.71. The predicted octanol–water partition coefficient (Wildman–Crippen LogP) is 8.24. The van der Waals surface area contributed by atoms with Crippen LogP contribution in [-0.4, -0.2) is 16.9 Å². The normalized spacial score (nSPS) is 18.8. The van der Waals surface area contributed by atoms with E-state index in [1.807, 2.05) is 32.9 Å². The van der Waals surface area contributed by atoms with Crippen molar-refractivity contribution in [2.75, 3.05) is 0 Å². The molecule has 0 unspecified atom stereocenters. The van der Waals surface area contributed by atoms with Crippen molar-refractivity contribution in [3.63, 3.8) is 0 Å². The third kappa shape index (κ3) is 7.15. The minimum absolute atomic E-state index is 0.0857. The van der Waals surface area contributed by atoms with Crippen molar-refractivity contribution in [2.45, 2.75) is 104 Å². The largest absolute Gasteiger partial charge is 0.514 e. The van der Waals surface area contributed by atoms with Gasteiger partial charge in [0.2, 0.25) is 0 Å². The maximum absolute atomic E-state index is 12.7. The Bertz CT molecular complexity index is 834. The Kier molecular flexibility index (Phi) is 9.42. The van der Waals surface area contributed by atoms with Gasteiger partial charge in [-0.05, 0) is 83.4 Å². The van der Waals surface area contributed by atoms with Crippen LogP contribution in [0.5, 0.6) is 11.5 Å². The van der Waals surface area contributed by atoms with Crippen molar-refractivity contribution in [1.82, 2.24) is 0 Å².